The summed E-state index contributed by atoms with van der Waals surface area (Å²) in [6.45, 7) is 0. The number of ketones is 2. The van der Waals surface area contributed by atoms with Gasteiger partial charge in [-0.05, 0) is 17.7 Å². The first-order valence-electron chi connectivity index (χ1n) is 6.42. The maximum atomic E-state index is 12.4. The van der Waals surface area contributed by atoms with E-state index in [0.717, 1.165) is 5.69 Å². The fourth-order valence-corrected chi connectivity index (χ4v) is 2.44. The molecule has 0 N–H and O–H groups in total. The SMILES string of the molecule is CN(C)c1ccc([C]2C(=O)c3ccccc3C2=O)cc1. The Balaban J connectivity index is 2.00. The third kappa shape index (κ3) is 1.83. The zero-order valence-corrected chi connectivity index (χ0v) is 11.4. The van der Waals surface area contributed by atoms with E-state index in [1.54, 1.807) is 24.3 Å². The average Bonchev–Trinajstić information content (AvgIpc) is 2.72. The van der Waals surface area contributed by atoms with Gasteiger partial charge in [-0.25, -0.2) is 0 Å². The third-order valence-corrected chi connectivity index (χ3v) is 3.54. The summed E-state index contributed by atoms with van der Waals surface area (Å²) >= 11 is 0. The first kappa shape index (κ1) is 12.6. The van der Waals surface area contributed by atoms with E-state index < -0.39 is 0 Å². The highest BCUT2D eigenvalue weighted by molar-refractivity contribution is 6.38. The molecule has 3 nitrogen and oxygen atoms in total. The van der Waals surface area contributed by atoms with Gasteiger partial charge in [-0.1, -0.05) is 36.4 Å². The summed E-state index contributed by atoms with van der Waals surface area (Å²) in [4.78, 5) is 26.7. The minimum atomic E-state index is -0.178. The van der Waals surface area contributed by atoms with Gasteiger partial charge in [-0.2, -0.15) is 0 Å². The van der Waals surface area contributed by atoms with Crippen LogP contribution in [0.3, 0.4) is 0 Å². The van der Waals surface area contributed by atoms with Gasteiger partial charge in [-0.15, -0.1) is 0 Å². The Labute approximate surface area is 117 Å². The second-order valence-electron chi connectivity index (χ2n) is 5.02. The number of fused-ring (bicyclic) bond motifs is 1. The lowest BCUT2D eigenvalue weighted by Crippen LogP contribution is -2.14. The molecule has 3 heteroatoms. The number of hydrogen-bond acceptors (Lipinski definition) is 3. The number of rotatable bonds is 2. The summed E-state index contributed by atoms with van der Waals surface area (Å²) in [5.41, 5.74) is 2.72. The molecule has 0 saturated heterocycles. The maximum Gasteiger partial charge on any atom is 0.183 e. The first-order valence-corrected chi connectivity index (χ1v) is 6.42. The predicted molar refractivity (Wildman–Crippen MR) is 78.2 cm³/mol. The van der Waals surface area contributed by atoms with Crippen molar-refractivity contribution in [2.75, 3.05) is 19.0 Å². The molecule has 0 unspecified atom stereocenters. The second kappa shape index (κ2) is 4.60. The molecule has 20 heavy (non-hydrogen) atoms. The van der Waals surface area contributed by atoms with E-state index in [0.29, 0.717) is 16.7 Å². The molecule has 0 fully saturated rings. The molecular formula is C17H14NO2. The summed E-state index contributed by atoms with van der Waals surface area (Å²) in [6, 6.07) is 14.4. The van der Waals surface area contributed by atoms with Crippen LogP contribution in [0.4, 0.5) is 5.69 Å². The monoisotopic (exact) mass is 264 g/mol. The standard InChI is InChI=1S/C17H14NO2/c1-18(2)12-9-7-11(8-10-12)15-16(19)13-5-3-4-6-14(13)17(15)20/h3-10H,1-2H3. The molecule has 2 aromatic rings. The molecule has 0 spiro atoms. The van der Waals surface area contributed by atoms with Crippen LogP contribution in [0.15, 0.2) is 48.5 Å². The summed E-state index contributed by atoms with van der Waals surface area (Å²) in [6.07, 6.45) is 0. The number of hydrogen-bond donors (Lipinski definition) is 0. The van der Waals surface area contributed by atoms with Gasteiger partial charge >= 0.3 is 0 Å². The number of carbonyl (C=O) groups excluding carboxylic acids is 2. The van der Waals surface area contributed by atoms with Gasteiger partial charge in [0.2, 0.25) is 0 Å². The van der Waals surface area contributed by atoms with Gasteiger partial charge in [0.05, 0.1) is 0 Å². The van der Waals surface area contributed by atoms with E-state index >= 15 is 0 Å². The molecule has 0 aliphatic heterocycles. The van der Waals surface area contributed by atoms with Crippen LogP contribution >= 0.6 is 0 Å². The molecule has 0 bridgehead atoms. The Morgan fingerprint density at radius 3 is 1.70 bits per heavy atom. The topological polar surface area (TPSA) is 37.4 Å². The molecule has 1 aliphatic carbocycles. The third-order valence-electron chi connectivity index (χ3n) is 3.54. The van der Waals surface area contributed by atoms with Gasteiger partial charge in [0.25, 0.3) is 0 Å². The fourth-order valence-electron chi connectivity index (χ4n) is 2.44. The van der Waals surface area contributed by atoms with Crippen molar-refractivity contribution >= 4 is 17.3 Å². The molecular weight excluding hydrogens is 250 g/mol. The van der Waals surface area contributed by atoms with Crippen LogP contribution in [0, 0.1) is 5.92 Å². The number of Topliss-reactive ketones (excluding diaryl/α,β-unsaturated/α-hetero) is 2. The summed E-state index contributed by atoms with van der Waals surface area (Å²) in [5, 5.41) is 0. The zero-order valence-electron chi connectivity index (χ0n) is 11.4. The predicted octanol–water partition coefficient (Wildman–Crippen LogP) is 2.75. The van der Waals surface area contributed by atoms with Crippen molar-refractivity contribution in [1.82, 2.24) is 0 Å². The van der Waals surface area contributed by atoms with Gasteiger partial charge in [-0.3, -0.25) is 9.59 Å². The molecule has 0 atom stereocenters. The smallest absolute Gasteiger partial charge is 0.183 e. The molecule has 1 radical (unpaired) electrons. The first-order chi connectivity index (χ1) is 9.59. The van der Waals surface area contributed by atoms with Crippen molar-refractivity contribution in [2.24, 2.45) is 0 Å². The minimum Gasteiger partial charge on any atom is -0.378 e. The Morgan fingerprint density at radius 1 is 0.750 bits per heavy atom. The number of benzene rings is 2. The minimum absolute atomic E-state index is 0.178. The second-order valence-corrected chi connectivity index (χ2v) is 5.02. The van der Waals surface area contributed by atoms with Crippen LogP contribution in [0.2, 0.25) is 0 Å². The number of anilines is 1. The lowest BCUT2D eigenvalue weighted by Gasteiger charge is -2.13. The van der Waals surface area contributed by atoms with Gasteiger partial charge < -0.3 is 4.90 Å². The normalized spacial score (nSPS) is 14.5. The van der Waals surface area contributed by atoms with E-state index in [1.807, 2.05) is 43.3 Å². The highest BCUT2D eigenvalue weighted by Gasteiger charge is 2.40. The van der Waals surface area contributed by atoms with Crippen LogP contribution in [-0.4, -0.2) is 25.7 Å². The Bertz CT molecular complexity index is 651. The fraction of sp³-hybridized carbons (Fsp3) is 0.118. The maximum absolute atomic E-state index is 12.4. The average molecular weight is 264 g/mol. The molecule has 3 rings (SSSR count). The van der Waals surface area contributed by atoms with E-state index in [9.17, 15) is 9.59 Å². The van der Waals surface area contributed by atoms with Crippen molar-refractivity contribution in [3.05, 3.63) is 71.1 Å². The lowest BCUT2D eigenvalue weighted by molar-refractivity contribution is 0.0960. The zero-order chi connectivity index (χ0) is 14.3. The number of nitrogens with zero attached hydrogens (tertiary/aromatic N) is 1. The largest absolute Gasteiger partial charge is 0.378 e. The van der Waals surface area contributed by atoms with Gasteiger partial charge in [0.1, 0.15) is 5.92 Å². The van der Waals surface area contributed by atoms with Crippen molar-refractivity contribution < 1.29 is 9.59 Å². The van der Waals surface area contributed by atoms with Crippen LogP contribution in [-0.2, 0) is 0 Å². The van der Waals surface area contributed by atoms with Gasteiger partial charge in [0, 0.05) is 30.9 Å². The highest BCUT2D eigenvalue weighted by Crippen LogP contribution is 2.33. The van der Waals surface area contributed by atoms with E-state index in [2.05, 4.69) is 0 Å². The Kier molecular flexibility index (Phi) is 2.90. The van der Waals surface area contributed by atoms with E-state index in [4.69, 9.17) is 0 Å². The van der Waals surface area contributed by atoms with Crippen molar-refractivity contribution in [1.29, 1.82) is 0 Å². The highest BCUT2D eigenvalue weighted by atomic mass is 16.2. The van der Waals surface area contributed by atoms with Crippen molar-refractivity contribution in [2.45, 2.75) is 0 Å². The molecule has 0 aromatic heterocycles. The van der Waals surface area contributed by atoms with Crippen molar-refractivity contribution in [3.8, 4) is 0 Å². The molecule has 99 valence electrons. The van der Waals surface area contributed by atoms with Crippen LogP contribution < -0.4 is 4.90 Å². The van der Waals surface area contributed by atoms with Crippen molar-refractivity contribution in [3.63, 3.8) is 0 Å². The van der Waals surface area contributed by atoms with Gasteiger partial charge in [0.15, 0.2) is 11.6 Å². The summed E-state index contributed by atoms with van der Waals surface area (Å²) in [7, 11) is 3.90. The Hall–Kier alpha value is -2.42. The van der Waals surface area contributed by atoms with Crippen LogP contribution in [0.1, 0.15) is 26.3 Å². The van der Waals surface area contributed by atoms with Crippen LogP contribution in [0.25, 0.3) is 0 Å². The molecule has 0 saturated carbocycles. The summed E-state index contributed by atoms with van der Waals surface area (Å²) < 4.78 is 0. The number of carbonyl (C=O) groups is 2. The molecule has 1 aliphatic rings. The van der Waals surface area contributed by atoms with E-state index in [-0.39, 0.29) is 17.5 Å². The molecule has 2 aromatic carbocycles. The molecule has 0 amide bonds. The summed E-state index contributed by atoms with van der Waals surface area (Å²) in [5.74, 6) is -0.0806. The van der Waals surface area contributed by atoms with E-state index in [1.165, 1.54) is 0 Å². The molecule has 0 heterocycles. The quantitative estimate of drug-likeness (QED) is 0.837. The Morgan fingerprint density at radius 2 is 1.25 bits per heavy atom. The lowest BCUT2D eigenvalue weighted by atomic mass is 9.94. The van der Waals surface area contributed by atoms with Crippen LogP contribution in [0.5, 0.6) is 0 Å².